The van der Waals surface area contributed by atoms with Gasteiger partial charge in [-0.05, 0) is 42.3 Å². The average molecular weight is 448 g/mol. The number of amides is 2. The molecule has 1 N–H and O–H groups in total. The van der Waals surface area contributed by atoms with E-state index >= 15 is 0 Å². The predicted molar refractivity (Wildman–Crippen MR) is 115 cm³/mol. The van der Waals surface area contributed by atoms with Crippen LogP contribution in [-0.4, -0.2) is 89.1 Å². The Morgan fingerprint density at radius 1 is 1.31 bits per heavy atom. The van der Waals surface area contributed by atoms with Gasteiger partial charge < -0.3 is 19.7 Å². The number of rotatable bonds is 6. The molecular weight excluding hydrogens is 417 g/mol. The minimum absolute atomic E-state index is 0.257. The van der Waals surface area contributed by atoms with Crippen molar-refractivity contribution in [3.05, 3.63) is 35.4 Å². The molecule has 2 aliphatic rings. The predicted octanol–water partition coefficient (Wildman–Crippen LogP) is 1.62. The molecule has 3 heterocycles. The quantitative estimate of drug-likeness (QED) is 0.719. The third-order valence-corrected chi connectivity index (χ3v) is 6.34. The van der Waals surface area contributed by atoms with Crippen LogP contribution < -0.4 is 5.32 Å². The number of tetrazole rings is 1. The number of aromatic nitrogens is 4. The van der Waals surface area contributed by atoms with Crippen LogP contribution in [0.5, 0.6) is 0 Å². The molecule has 0 spiro atoms. The number of piperidine rings is 1. The van der Waals surface area contributed by atoms with Crippen molar-refractivity contribution in [3.63, 3.8) is 0 Å². The Hall–Kier alpha value is -2.63. The van der Waals surface area contributed by atoms with Crippen LogP contribution in [0.2, 0.25) is 0 Å². The summed E-state index contributed by atoms with van der Waals surface area (Å²) in [7, 11) is 1.64. The van der Waals surface area contributed by atoms with Crippen LogP contribution in [0.3, 0.4) is 0 Å². The molecule has 2 amide bonds. The first kappa shape index (κ1) is 22.6. The van der Waals surface area contributed by atoms with Crippen LogP contribution >= 0.6 is 0 Å². The summed E-state index contributed by atoms with van der Waals surface area (Å²) in [5.41, 5.74) is 0.358. The van der Waals surface area contributed by atoms with E-state index < -0.39 is 5.54 Å². The molecule has 2 fully saturated rings. The van der Waals surface area contributed by atoms with Crippen molar-refractivity contribution in [2.45, 2.75) is 31.8 Å². The van der Waals surface area contributed by atoms with Gasteiger partial charge in [-0.2, -0.15) is 0 Å². The maximum Gasteiger partial charge on any atom is 0.321 e. The second-order valence-corrected chi connectivity index (χ2v) is 8.22. The number of ether oxygens (including phenoxy) is 2. The molecule has 2 aromatic rings. The van der Waals surface area contributed by atoms with Gasteiger partial charge in [0.1, 0.15) is 11.4 Å². The van der Waals surface area contributed by atoms with Crippen LogP contribution in [0.4, 0.5) is 14.9 Å². The summed E-state index contributed by atoms with van der Waals surface area (Å²) in [6.45, 7) is 6.41. The minimum Gasteiger partial charge on any atom is -0.383 e. The summed E-state index contributed by atoms with van der Waals surface area (Å²) >= 11 is 0. The van der Waals surface area contributed by atoms with E-state index in [1.807, 2.05) is 0 Å². The fourth-order valence-corrected chi connectivity index (χ4v) is 4.59. The number of nitrogens with one attached hydrogen (secondary N) is 1. The Kier molecular flexibility index (Phi) is 6.97. The average Bonchev–Trinajstić information content (AvgIpc) is 3.30. The molecule has 1 aromatic carbocycles. The summed E-state index contributed by atoms with van der Waals surface area (Å²) in [4.78, 5) is 17.3. The fourth-order valence-electron chi connectivity index (χ4n) is 4.59. The van der Waals surface area contributed by atoms with Crippen LogP contribution in [0.25, 0.3) is 0 Å². The van der Waals surface area contributed by atoms with E-state index in [9.17, 15) is 9.18 Å². The van der Waals surface area contributed by atoms with Crippen molar-refractivity contribution >= 4 is 11.7 Å². The maximum absolute atomic E-state index is 14.0. The van der Waals surface area contributed by atoms with Crippen molar-refractivity contribution in [2.24, 2.45) is 0 Å². The molecule has 32 heavy (non-hydrogen) atoms. The van der Waals surface area contributed by atoms with Crippen molar-refractivity contribution in [1.29, 1.82) is 0 Å². The molecule has 11 heteroatoms. The largest absolute Gasteiger partial charge is 0.383 e. The van der Waals surface area contributed by atoms with Gasteiger partial charge in [0, 0.05) is 44.5 Å². The number of carbonyl (C=O) groups is 1. The maximum atomic E-state index is 14.0. The van der Waals surface area contributed by atoms with E-state index in [4.69, 9.17) is 9.47 Å². The van der Waals surface area contributed by atoms with Crippen molar-refractivity contribution in [3.8, 4) is 0 Å². The number of halogens is 1. The molecule has 4 rings (SSSR count). The molecule has 174 valence electrons. The van der Waals surface area contributed by atoms with Crippen LogP contribution in [0.1, 0.15) is 24.2 Å². The normalized spacial score (nSPS) is 22.2. The number of nitrogens with zero attached hydrogens (tertiary/aromatic N) is 6. The third kappa shape index (κ3) is 4.45. The van der Waals surface area contributed by atoms with E-state index in [-0.39, 0.29) is 11.8 Å². The Morgan fingerprint density at radius 3 is 2.91 bits per heavy atom. The molecule has 2 saturated heterocycles. The monoisotopic (exact) mass is 447 g/mol. The summed E-state index contributed by atoms with van der Waals surface area (Å²) in [5, 5.41) is 15.4. The second kappa shape index (κ2) is 9.88. The molecule has 10 nitrogen and oxygen atoms in total. The van der Waals surface area contributed by atoms with Gasteiger partial charge in [-0.25, -0.2) is 13.9 Å². The second-order valence-electron chi connectivity index (χ2n) is 8.22. The molecule has 2 aliphatic heterocycles. The number of carbonyl (C=O) groups excluding carboxylic acids is 1. The number of anilines is 1. The molecule has 1 unspecified atom stereocenters. The van der Waals surface area contributed by atoms with E-state index in [1.54, 1.807) is 35.7 Å². The van der Waals surface area contributed by atoms with E-state index in [2.05, 4.69) is 25.7 Å². The van der Waals surface area contributed by atoms with Crippen molar-refractivity contribution in [1.82, 2.24) is 30.0 Å². The standard InChI is InChI=1S/C21H30FN7O3/c1-16-17(22)5-3-6-18(16)23-20(30)27-8-4-7-21(15-27,28-9-13-32-14-10-28)19-24-25-26-29(19)11-12-31-2/h3,5-6H,4,7-15H2,1-2H3,(H,23,30). The highest BCUT2D eigenvalue weighted by atomic mass is 19.1. The molecule has 0 bridgehead atoms. The third-order valence-electron chi connectivity index (χ3n) is 6.34. The molecular formula is C21H30FN7O3. The molecule has 1 atom stereocenters. The number of urea groups is 1. The summed E-state index contributed by atoms with van der Waals surface area (Å²) in [5.74, 6) is 0.386. The smallest absolute Gasteiger partial charge is 0.321 e. The fraction of sp³-hybridized carbons (Fsp3) is 0.619. The molecule has 1 aromatic heterocycles. The number of hydrogen-bond donors (Lipinski definition) is 1. The van der Waals surface area contributed by atoms with Gasteiger partial charge in [-0.15, -0.1) is 5.10 Å². The highest BCUT2D eigenvalue weighted by molar-refractivity contribution is 5.90. The summed E-state index contributed by atoms with van der Waals surface area (Å²) < 4.78 is 26.5. The number of hydrogen-bond acceptors (Lipinski definition) is 7. The lowest BCUT2D eigenvalue weighted by Gasteiger charge is -2.49. The van der Waals surface area contributed by atoms with Crippen LogP contribution in [-0.2, 0) is 21.6 Å². The molecule has 0 radical (unpaired) electrons. The zero-order valence-electron chi connectivity index (χ0n) is 18.6. The molecule has 0 aliphatic carbocycles. The van der Waals surface area contributed by atoms with Crippen molar-refractivity contribution < 1.29 is 18.7 Å². The first-order valence-electron chi connectivity index (χ1n) is 10.9. The Bertz CT molecular complexity index is 934. The van der Waals surface area contributed by atoms with Crippen LogP contribution in [0.15, 0.2) is 18.2 Å². The van der Waals surface area contributed by atoms with Crippen molar-refractivity contribution in [2.75, 3.05) is 58.4 Å². The lowest BCUT2D eigenvalue weighted by Crippen LogP contribution is -2.61. The summed E-state index contributed by atoms with van der Waals surface area (Å²) in [6.07, 6.45) is 1.62. The van der Waals surface area contributed by atoms with Crippen LogP contribution in [0, 0.1) is 12.7 Å². The highest BCUT2D eigenvalue weighted by Crippen LogP contribution is 2.37. The van der Waals surface area contributed by atoms with Gasteiger partial charge in [-0.3, -0.25) is 4.90 Å². The minimum atomic E-state index is -0.534. The Balaban J connectivity index is 1.61. The van der Waals surface area contributed by atoms with Gasteiger partial charge in [0.05, 0.1) is 26.4 Å². The summed E-state index contributed by atoms with van der Waals surface area (Å²) in [6, 6.07) is 4.43. The lowest BCUT2D eigenvalue weighted by atomic mass is 9.85. The number of morpholine rings is 1. The topological polar surface area (TPSA) is 97.6 Å². The van der Waals surface area contributed by atoms with E-state index in [0.29, 0.717) is 50.7 Å². The van der Waals surface area contributed by atoms with Gasteiger partial charge in [-0.1, -0.05) is 6.07 Å². The first-order chi connectivity index (χ1) is 15.5. The van der Waals surface area contributed by atoms with Gasteiger partial charge in [0.25, 0.3) is 0 Å². The van der Waals surface area contributed by atoms with Gasteiger partial charge in [0.15, 0.2) is 5.82 Å². The zero-order valence-corrected chi connectivity index (χ0v) is 18.6. The first-order valence-corrected chi connectivity index (χ1v) is 10.9. The number of methoxy groups -OCH3 is 1. The number of benzene rings is 1. The number of likely N-dealkylation sites (tertiary alicyclic amines) is 1. The Morgan fingerprint density at radius 2 is 2.12 bits per heavy atom. The Labute approximate surface area is 186 Å². The van der Waals surface area contributed by atoms with E-state index in [0.717, 1.165) is 31.8 Å². The SMILES string of the molecule is COCCn1nnnc1C1(N2CCOCC2)CCCN(C(=O)Nc2cccc(F)c2C)C1. The van der Waals surface area contributed by atoms with Gasteiger partial charge >= 0.3 is 6.03 Å². The lowest BCUT2D eigenvalue weighted by molar-refractivity contribution is -0.0547. The zero-order chi connectivity index (χ0) is 22.6. The van der Waals surface area contributed by atoms with Gasteiger partial charge in [0.2, 0.25) is 0 Å². The highest BCUT2D eigenvalue weighted by Gasteiger charge is 2.47. The molecule has 0 saturated carbocycles. The van der Waals surface area contributed by atoms with E-state index in [1.165, 1.54) is 6.07 Å².